The average molecular weight is 467 g/mol. The molecule has 0 N–H and O–H groups in total. The molecule has 0 fully saturated rings. The van der Waals surface area contributed by atoms with E-state index in [2.05, 4.69) is 4.40 Å². The summed E-state index contributed by atoms with van der Waals surface area (Å²) in [5.41, 5.74) is 1.09. The van der Waals surface area contributed by atoms with Gasteiger partial charge in [-0.2, -0.15) is 17.5 Å². The number of hydrogen-bond donors (Lipinski definition) is 0. The van der Waals surface area contributed by atoms with E-state index < -0.39 is 15.8 Å². The van der Waals surface area contributed by atoms with Gasteiger partial charge in [0.25, 0.3) is 10.0 Å². The zero-order valence-corrected chi connectivity index (χ0v) is 21.2. The second-order valence-electron chi connectivity index (χ2n) is 7.78. The van der Waals surface area contributed by atoms with Crippen molar-refractivity contribution in [1.29, 1.82) is 0 Å². The van der Waals surface area contributed by atoms with Gasteiger partial charge in [-0.3, -0.25) is 0 Å². The van der Waals surface area contributed by atoms with Crippen LogP contribution in [-0.4, -0.2) is 14.1 Å². The topological polar surface area (TPSA) is 96.5 Å². The maximum absolute atomic E-state index is 12.9. The summed E-state index contributed by atoms with van der Waals surface area (Å²) in [4.78, 5) is 0.0240. The van der Waals surface area contributed by atoms with E-state index in [0.717, 1.165) is 5.56 Å². The molecule has 1 aromatic carbocycles. The van der Waals surface area contributed by atoms with Gasteiger partial charge in [0, 0.05) is 17.2 Å². The number of pyridine rings is 1. The number of allylic oxidation sites excluding steroid dienone is 5. The zero-order chi connectivity index (χ0) is 22.1. The van der Waals surface area contributed by atoms with E-state index in [1.165, 1.54) is 54.9 Å². The number of nitrogens with zero attached hydrogens (tertiary/aromatic N) is 2. The molecule has 0 unspecified atom stereocenters. The van der Waals surface area contributed by atoms with Crippen LogP contribution >= 0.6 is 11.6 Å². The zero-order valence-electron chi connectivity index (χ0n) is 17.7. The fourth-order valence-electron chi connectivity index (χ4n) is 2.80. The maximum Gasteiger partial charge on any atom is 1.00 e. The van der Waals surface area contributed by atoms with Crippen molar-refractivity contribution < 1.29 is 47.8 Å². The van der Waals surface area contributed by atoms with Gasteiger partial charge in [-0.05, 0) is 52.5 Å². The van der Waals surface area contributed by atoms with E-state index in [-0.39, 0.29) is 61.7 Å². The Bertz CT molecular complexity index is 1190. The summed E-state index contributed by atoms with van der Waals surface area (Å²) in [5.74, 6) is -0.491. The summed E-state index contributed by atoms with van der Waals surface area (Å²) in [5, 5.41) is 24.4. The molecule has 31 heavy (non-hydrogen) atoms. The Balaban J connectivity index is 0.00000341. The molecule has 0 saturated heterocycles. The van der Waals surface area contributed by atoms with E-state index in [4.69, 9.17) is 11.6 Å². The normalized spacial score (nSPS) is 17.2. The number of hydrogen-bond acceptors (Lipinski definition) is 4. The van der Waals surface area contributed by atoms with Gasteiger partial charge < -0.3 is 10.3 Å². The quantitative estimate of drug-likeness (QED) is 0.280. The van der Waals surface area contributed by atoms with Gasteiger partial charge >= 0.3 is 29.6 Å². The van der Waals surface area contributed by atoms with Crippen molar-refractivity contribution in [1.82, 2.24) is 0 Å². The molecule has 6 nitrogen and oxygen atoms in total. The summed E-state index contributed by atoms with van der Waals surface area (Å²) in [6.45, 7) is 6.10. The molecule has 0 aliphatic heterocycles. The van der Waals surface area contributed by atoms with Crippen LogP contribution in [0.4, 0.5) is 0 Å². The minimum absolute atomic E-state index is 0. The smallest absolute Gasteiger partial charge is 0.872 e. The molecule has 0 spiro atoms. The third kappa shape index (κ3) is 6.08. The third-order valence-corrected chi connectivity index (χ3v) is 6.04. The summed E-state index contributed by atoms with van der Waals surface area (Å²) < 4.78 is 30.1. The summed E-state index contributed by atoms with van der Waals surface area (Å²) >= 11 is 6.02. The first-order chi connectivity index (χ1) is 14.0. The van der Waals surface area contributed by atoms with Crippen LogP contribution in [0.5, 0.6) is 0 Å². The van der Waals surface area contributed by atoms with Crippen LogP contribution in [0.25, 0.3) is 5.76 Å². The number of halogens is 1. The predicted octanol–water partition coefficient (Wildman–Crippen LogP) is 0.215. The molecule has 1 aliphatic rings. The van der Waals surface area contributed by atoms with E-state index in [1.807, 2.05) is 20.8 Å². The summed E-state index contributed by atoms with van der Waals surface area (Å²) in [6.07, 6.45) is 6.57. The van der Waals surface area contributed by atoms with E-state index >= 15 is 0 Å². The molecule has 0 radical (unpaired) electrons. The van der Waals surface area contributed by atoms with E-state index in [1.54, 1.807) is 12.1 Å². The van der Waals surface area contributed by atoms with Crippen molar-refractivity contribution in [2.75, 3.05) is 0 Å². The van der Waals surface area contributed by atoms with Crippen LogP contribution in [0, 0.1) is 5.21 Å². The number of rotatable bonds is 3. The standard InChI is InChI=1S/C22H21ClN2O4S.Na/c1-22(2,3)16-4-7-18(8-5-16)30(28,29)24-20-9-6-17(23)14-19(20)21(26)15-10-12-25(27)13-11-15;/h4-14,26H,1-3H3;/q;+1/p-1/b21-19-,24-20+;. The van der Waals surface area contributed by atoms with Crippen LogP contribution in [0.15, 0.2) is 86.9 Å². The van der Waals surface area contributed by atoms with Crippen LogP contribution in [0.3, 0.4) is 0 Å². The van der Waals surface area contributed by atoms with Gasteiger partial charge in [0.2, 0.25) is 0 Å². The van der Waals surface area contributed by atoms with Gasteiger partial charge in [0.1, 0.15) is 0 Å². The molecule has 1 aliphatic carbocycles. The van der Waals surface area contributed by atoms with Crippen molar-refractivity contribution in [2.24, 2.45) is 4.40 Å². The van der Waals surface area contributed by atoms with Gasteiger partial charge in [-0.15, -0.1) is 0 Å². The van der Waals surface area contributed by atoms with Gasteiger partial charge in [-0.25, -0.2) is 0 Å². The van der Waals surface area contributed by atoms with Crippen molar-refractivity contribution in [3.63, 3.8) is 0 Å². The SMILES string of the molecule is CC(C)(C)c1ccc(S(=O)(=O)/N=C2\C=CC(Cl)=C\C2=C(\[O-])c2cc[n+]([O-])cc2)cc1.[Na+]. The molecule has 2 aromatic rings. The maximum atomic E-state index is 12.9. The largest absolute Gasteiger partial charge is 1.00 e. The first-order valence-electron chi connectivity index (χ1n) is 9.09. The minimum Gasteiger partial charge on any atom is -0.872 e. The fourth-order valence-corrected chi connectivity index (χ4v) is 3.97. The van der Waals surface area contributed by atoms with Crippen LogP contribution in [-0.2, 0) is 15.4 Å². The van der Waals surface area contributed by atoms with Crippen LogP contribution in [0.2, 0.25) is 0 Å². The number of sulfonamides is 1. The molecular formula is C22H20ClN2NaO4S. The monoisotopic (exact) mass is 466 g/mol. The molecule has 1 aromatic heterocycles. The minimum atomic E-state index is -4.06. The van der Waals surface area contributed by atoms with Crippen molar-refractivity contribution in [3.8, 4) is 0 Å². The predicted molar refractivity (Wildman–Crippen MR) is 115 cm³/mol. The molecule has 1 heterocycles. The molecule has 3 rings (SSSR count). The molecule has 156 valence electrons. The number of benzene rings is 1. The Labute approximate surface area is 209 Å². The first-order valence-corrected chi connectivity index (χ1v) is 10.9. The van der Waals surface area contributed by atoms with E-state index in [9.17, 15) is 18.7 Å². The summed E-state index contributed by atoms with van der Waals surface area (Å²) in [7, 11) is -4.06. The Morgan fingerprint density at radius 3 is 2.16 bits per heavy atom. The Morgan fingerprint density at radius 2 is 1.61 bits per heavy atom. The Hall–Kier alpha value is -1.90. The second kappa shape index (κ2) is 9.71. The van der Waals surface area contributed by atoms with Crippen molar-refractivity contribution in [2.45, 2.75) is 31.1 Å². The summed E-state index contributed by atoms with van der Waals surface area (Å²) in [6, 6.07) is 9.19. The van der Waals surface area contributed by atoms with Crippen LogP contribution < -0.4 is 39.4 Å². The molecule has 0 bridgehead atoms. The Morgan fingerprint density at radius 1 is 1.03 bits per heavy atom. The number of aromatic nitrogens is 1. The molecule has 0 amide bonds. The van der Waals surface area contributed by atoms with Gasteiger partial charge in [-0.1, -0.05) is 50.3 Å². The van der Waals surface area contributed by atoms with E-state index in [0.29, 0.717) is 4.73 Å². The van der Waals surface area contributed by atoms with Crippen LogP contribution in [0.1, 0.15) is 31.9 Å². The average Bonchev–Trinajstić information content (AvgIpc) is 2.69. The van der Waals surface area contributed by atoms with Gasteiger partial charge in [0.15, 0.2) is 12.4 Å². The second-order valence-corrected chi connectivity index (χ2v) is 9.82. The first kappa shape index (κ1) is 25.4. The fraction of sp³-hybridized carbons (Fsp3) is 0.182. The molecule has 9 heteroatoms. The van der Waals surface area contributed by atoms with Gasteiger partial charge in [0.05, 0.1) is 10.6 Å². The molecular weight excluding hydrogens is 447 g/mol. The third-order valence-electron chi connectivity index (χ3n) is 4.50. The Kier molecular flexibility index (Phi) is 7.94. The van der Waals surface area contributed by atoms with Crippen molar-refractivity contribution in [3.05, 3.63) is 94.0 Å². The van der Waals surface area contributed by atoms with Crippen molar-refractivity contribution >= 4 is 33.1 Å². The molecule has 0 atom stereocenters. The molecule has 0 saturated carbocycles.